The normalized spacial score (nSPS) is 18.6. The van der Waals surface area contributed by atoms with Gasteiger partial charge in [0.1, 0.15) is 11.6 Å². The molecule has 1 saturated heterocycles. The molecule has 2 amide bonds. The van der Waals surface area contributed by atoms with E-state index in [4.69, 9.17) is 14.5 Å². The molecule has 2 aromatic rings. The molecule has 2 aromatic heterocycles. The van der Waals surface area contributed by atoms with Crippen molar-refractivity contribution in [3.05, 3.63) is 34.1 Å². The van der Waals surface area contributed by atoms with E-state index in [0.29, 0.717) is 31.2 Å². The fraction of sp³-hybridized carbons (Fsp3) is 0.591. The Kier molecular flexibility index (Phi) is 5.93. The van der Waals surface area contributed by atoms with Gasteiger partial charge in [-0.15, -0.1) is 0 Å². The Hall–Kier alpha value is -2.97. The number of hydrogen-bond donors (Lipinski definition) is 1. The van der Waals surface area contributed by atoms with Crippen LogP contribution in [0.2, 0.25) is 0 Å². The van der Waals surface area contributed by atoms with Crippen LogP contribution >= 0.6 is 0 Å². The van der Waals surface area contributed by atoms with Crippen LogP contribution < -0.4 is 5.32 Å². The number of fused-ring (bicyclic) bond motifs is 1. The molecule has 4 rings (SSSR count). The van der Waals surface area contributed by atoms with Crippen molar-refractivity contribution in [3.63, 3.8) is 0 Å². The van der Waals surface area contributed by atoms with Crippen LogP contribution in [-0.4, -0.2) is 56.9 Å². The number of piperidine rings is 1. The predicted octanol–water partition coefficient (Wildman–Crippen LogP) is 2.32. The van der Waals surface area contributed by atoms with Crippen LogP contribution in [0.3, 0.4) is 0 Å². The van der Waals surface area contributed by atoms with Crippen LogP contribution in [0.4, 0.5) is 5.82 Å². The number of nitrogens with one attached hydrogen (secondary N) is 1. The second kappa shape index (κ2) is 8.64. The Bertz CT molecular complexity index is 982. The molecule has 1 atom stereocenters. The van der Waals surface area contributed by atoms with Gasteiger partial charge in [0.15, 0.2) is 5.82 Å². The minimum absolute atomic E-state index is 0.0387. The zero-order chi connectivity index (χ0) is 22.1. The lowest BCUT2D eigenvalue weighted by Gasteiger charge is -2.36. The number of aryl methyl sites for hydroxylation is 2. The van der Waals surface area contributed by atoms with Crippen molar-refractivity contribution in [1.29, 1.82) is 0 Å². The molecule has 0 spiro atoms. The Morgan fingerprint density at radius 1 is 1.19 bits per heavy atom. The van der Waals surface area contributed by atoms with Gasteiger partial charge in [-0.25, -0.2) is 9.97 Å². The first-order valence-corrected chi connectivity index (χ1v) is 10.9. The molecule has 0 aromatic carbocycles. The fourth-order valence-electron chi connectivity index (χ4n) is 4.58. The number of amides is 2. The molecular formula is C22H30N6O3. The van der Waals surface area contributed by atoms with Crippen molar-refractivity contribution in [3.8, 4) is 0 Å². The van der Waals surface area contributed by atoms with Crippen molar-refractivity contribution < 1.29 is 14.1 Å². The molecule has 1 fully saturated rings. The predicted molar refractivity (Wildman–Crippen MR) is 114 cm³/mol. The van der Waals surface area contributed by atoms with Gasteiger partial charge < -0.3 is 19.6 Å². The van der Waals surface area contributed by atoms with Crippen LogP contribution in [0.5, 0.6) is 0 Å². The number of aromatic nitrogens is 3. The molecule has 4 heterocycles. The van der Waals surface area contributed by atoms with Crippen LogP contribution in [0, 0.1) is 13.8 Å². The van der Waals surface area contributed by atoms with Gasteiger partial charge in [0.05, 0.1) is 30.4 Å². The molecule has 2 aliphatic heterocycles. The Labute approximate surface area is 182 Å². The highest BCUT2D eigenvalue weighted by Gasteiger charge is 2.33. The van der Waals surface area contributed by atoms with E-state index in [1.54, 1.807) is 11.8 Å². The fourth-order valence-corrected chi connectivity index (χ4v) is 4.58. The van der Waals surface area contributed by atoms with Gasteiger partial charge in [0, 0.05) is 38.2 Å². The molecule has 9 nitrogen and oxygen atoms in total. The van der Waals surface area contributed by atoms with Crippen molar-refractivity contribution in [2.45, 2.75) is 65.5 Å². The van der Waals surface area contributed by atoms with E-state index < -0.39 is 0 Å². The maximum Gasteiger partial charge on any atom is 0.227 e. The first-order valence-electron chi connectivity index (χ1n) is 10.9. The van der Waals surface area contributed by atoms with Gasteiger partial charge in [-0.2, -0.15) is 0 Å². The smallest absolute Gasteiger partial charge is 0.227 e. The van der Waals surface area contributed by atoms with Gasteiger partial charge in [0.25, 0.3) is 0 Å². The number of hydrogen-bond acceptors (Lipinski definition) is 7. The minimum atomic E-state index is -0.174. The first-order chi connectivity index (χ1) is 14.9. The summed E-state index contributed by atoms with van der Waals surface area (Å²) in [6, 6.07) is -0.174. The lowest BCUT2D eigenvalue weighted by molar-refractivity contribution is -0.134. The van der Waals surface area contributed by atoms with Crippen molar-refractivity contribution in [1.82, 2.24) is 24.9 Å². The highest BCUT2D eigenvalue weighted by molar-refractivity contribution is 5.79. The quantitative estimate of drug-likeness (QED) is 0.800. The van der Waals surface area contributed by atoms with Crippen LogP contribution in [0.25, 0.3) is 0 Å². The summed E-state index contributed by atoms with van der Waals surface area (Å²) >= 11 is 0. The van der Waals surface area contributed by atoms with Crippen LogP contribution in [0.15, 0.2) is 4.52 Å². The largest absolute Gasteiger partial charge is 0.373 e. The summed E-state index contributed by atoms with van der Waals surface area (Å²) in [5, 5.41) is 7.17. The summed E-state index contributed by atoms with van der Waals surface area (Å²) in [6.07, 6.45) is 3.80. The lowest BCUT2D eigenvalue weighted by Crippen LogP contribution is -2.41. The number of carbonyl (C=O) groups excluding carboxylic acids is 2. The molecule has 0 unspecified atom stereocenters. The number of carbonyl (C=O) groups is 2. The SMILES string of the molecule is CNc1nc([C@@H]2CCCCN2C(=O)Cc2c(C)noc2C)nc2c1CCN(C(C)=O)C2. The second-order valence-electron chi connectivity index (χ2n) is 8.37. The van der Waals surface area contributed by atoms with E-state index in [2.05, 4.69) is 10.5 Å². The van der Waals surface area contributed by atoms with E-state index in [9.17, 15) is 9.59 Å². The molecule has 31 heavy (non-hydrogen) atoms. The van der Waals surface area contributed by atoms with Gasteiger partial charge in [0.2, 0.25) is 11.8 Å². The number of likely N-dealkylation sites (tertiary alicyclic amines) is 1. The van der Waals surface area contributed by atoms with Crippen molar-refractivity contribution >= 4 is 17.6 Å². The van der Waals surface area contributed by atoms with Crippen molar-refractivity contribution in [2.24, 2.45) is 0 Å². The van der Waals surface area contributed by atoms with Gasteiger partial charge in [-0.3, -0.25) is 9.59 Å². The molecular weight excluding hydrogens is 396 g/mol. The van der Waals surface area contributed by atoms with Crippen LogP contribution in [0.1, 0.15) is 66.3 Å². The molecule has 0 saturated carbocycles. The molecule has 9 heteroatoms. The summed E-state index contributed by atoms with van der Waals surface area (Å²) in [5.41, 5.74) is 3.55. The zero-order valence-electron chi connectivity index (χ0n) is 18.7. The molecule has 0 bridgehead atoms. The highest BCUT2D eigenvalue weighted by atomic mass is 16.5. The molecule has 2 aliphatic rings. The van der Waals surface area contributed by atoms with Gasteiger partial charge in [-0.05, 0) is 39.5 Å². The molecule has 1 N–H and O–H groups in total. The zero-order valence-corrected chi connectivity index (χ0v) is 18.7. The average Bonchev–Trinajstić information content (AvgIpc) is 3.09. The monoisotopic (exact) mass is 426 g/mol. The maximum absolute atomic E-state index is 13.3. The Balaban J connectivity index is 1.64. The summed E-state index contributed by atoms with van der Waals surface area (Å²) in [4.78, 5) is 38.6. The summed E-state index contributed by atoms with van der Waals surface area (Å²) in [7, 11) is 1.85. The first kappa shape index (κ1) is 21.3. The van der Waals surface area contributed by atoms with Gasteiger partial charge >= 0.3 is 0 Å². The highest BCUT2D eigenvalue weighted by Crippen LogP contribution is 2.33. The third-order valence-corrected chi connectivity index (χ3v) is 6.39. The average molecular weight is 427 g/mol. The molecule has 0 aliphatic carbocycles. The third-order valence-electron chi connectivity index (χ3n) is 6.39. The van der Waals surface area contributed by atoms with E-state index in [-0.39, 0.29) is 24.3 Å². The van der Waals surface area contributed by atoms with E-state index >= 15 is 0 Å². The summed E-state index contributed by atoms with van der Waals surface area (Å²) in [6.45, 7) is 7.12. The summed E-state index contributed by atoms with van der Waals surface area (Å²) in [5.74, 6) is 2.22. The minimum Gasteiger partial charge on any atom is -0.373 e. The summed E-state index contributed by atoms with van der Waals surface area (Å²) < 4.78 is 5.23. The maximum atomic E-state index is 13.3. The molecule has 166 valence electrons. The number of rotatable bonds is 4. The number of anilines is 1. The lowest BCUT2D eigenvalue weighted by atomic mass is 9.98. The third kappa shape index (κ3) is 4.13. The Morgan fingerprint density at radius 2 is 2.00 bits per heavy atom. The topological polar surface area (TPSA) is 104 Å². The van der Waals surface area contributed by atoms with E-state index in [0.717, 1.165) is 54.0 Å². The van der Waals surface area contributed by atoms with E-state index in [1.165, 1.54) is 0 Å². The van der Waals surface area contributed by atoms with E-state index in [1.807, 2.05) is 25.8 Å². The Morgan fingerprint density at radius 3 is 2.68 bits per heavy atom. The molecule has 0 radical (unpaired) electrons. The van der Waals surface area contributed by atoms with Gasteiger partial charge in [-0.1, -0.05) is 5.16 Å². The number of nitrogens with zero attached hydrogens (tertiary/aromatic N) is 5. The second-order valence-corrected chi connectivity index (χ2v) is 8.37. The standard InChI is InChI=1S/C22H30N6O3/c1-13-17(14(2)31-26-13)11-20(30)28-9-6-5-7-19(28)22-24-18-12-27(15(3)29)10-8-16(18)21(23-4)25-22/h19H,5-12H2,1-4H3,(H,23,24,25)/t19-/m0/s1. The van der Waals surface area contributed by atoms with Crippen LogP contribution in [-0.2, 0) is 29.0 Å². The van der Waals surface area contributed by atoms with Crippen molar-refractivity contribution in [2.75, 3.05) is 25.5 Å².